The normalized spacial score (nSPS) is 10.8. The van der Waals surface area contributed by atoms with Crippen LogP contribution in [0.25, 0.3) is 0 Å². The zero-order valence-electron chi connectivity index (χ0n) is 9.03. The van der Waals surface area contributed by atoms with E-state index in [1.165, 1.54) is 11.1 Å². The highest BCUT2D eigenvalue weighted by molar-refractivity contribution is 5.17. The van der Waals surface area contributed by atoms with E-state index in [0.717, 1.165) is 18.8 Å². The second-order valence-corrected chi connectivity index (χ2v) is 3.61. The first-order valence-electron chi connectivity index (χ1n) is 4.98. The van der Waals surface area contributed by atoms with Crippen LogP contribution in [0.3, 0.4) is 0 Å². The lowest BCUT2D eigenvalue weighted by molar-refractivity contribution is 0.487. The van der Waals surface area contributed by atoms with Crippen LogP contribution in [-0.2, 0) is 13.1 Å². The Hall–Kier alpha value is -1.55. The standard InChI is InChI=1S/C11H15N3O/c1-9-5-13-14(7-9)8-10-3-4-15-11(10)6-12-2/h3-5,7,12H,6,8H2,1-2H3. The van der Waals surface area contributed by atoms with E-state index in [9.17, 15) is 0 Å². The number of nitrogens with one attached hydrogen (secondary N) is 1. The molecule has 0 spiro atoms. The molecule has 0 saturated carbocycles. The van der Waals surface area contributed by atoms with E-state index in [0.29, 0.717) is 0 Å². The van der Waals surface area contributed by atoms with Crippen LogP contribution in [0.1, 0.15) is 16.9 Å². The molecule has 1 N–H and O–H groups in total. The predicted molar refractivity (Wildman–Crippen MR) is 57.5 cm³/mol. The third-order valence-electron chi connectivity index (χ3n) is 2.27. The second kappa shape index (κ2) is 4.31. The fourth-order valence-electron chi connectivity index (χ4n) is 1.55. The first kappa shape index (κ1) is 9.98. The topological polar surface area (TPSA) is 43.0 Å². The molecule has 0 saturated heterocycles. The summed E-state index contributed by atoms with van der Waals surface area (Å²) in [5.41, 5.74) is 2.35. The zero-order valence-corrected chi connectivity index (χ0v) is 9.03. The molecule has 2 rings (SSSR count). The summed E-state index contributed by atoms with van der Waals surface area (Å²) in [6.45, 7) is 3.55. The predicted octanol–water partition coefficient (Wildman–Crippen LogP) is 1.55. The Morgan fingerprint density at radius 2 is 2.40 bits per heavy atom. The summed E-state index contributed by atoms with van der Waals surface area (Å²) in [6.07, 6.45) is 5.60. The van der Waals surface area contributed by atoms with Gasteiger partial charge in [-0.3, -0.25) is 4.68 Å². The molecule has 15 heavy (non-hydrogen) atoms. The lowest BCUT2D eigenvalue weighted by Gasteiger charge is -2.02. The monoisotopic (exact) mass is 205 g/mol. The van der Waals surface area contributed by atoms with Crippen molar-refractivity contribution < 1.29 is 4.42 Å². The summed E-state index contributed by atoms with van der Waals surface area (Å²) in [5, 5.41) is 7.32. The van der Waals surface area contributed by atoms with Crippen LogP contribution in [-0.4, -0.2) is 16.8 Å². The SMILES string of the molecule is CNCc1occc1Cn1cc(C)cn1. The second-order valence-electron chi connectivity index (χ2n) is 3.61. The minimum atomic E-state index is 0.753. The van der Waals surface area contributed by atoms with Crippen molar-refractivity contribution in [1.82, 2.24) is 15.1 Å². The lowest BCUT2D eigenvalue weighted by atomic mass is 10.2. The van der Waals surface area contributed by atoms with Crippen molar-refractivity contribution in [3.8, 4) is 0 Å². The van der Waals surface area contributed by atoms with Crippen molar-refractivity contribution in [2.45, 2.75) is 20.0 Å². The molecule has 0 aliphatic carbocycles. The number of nitrogens with zero attached hydrogens (tertiary/aromatic N) is 2. The molecule has 0 unspecified atom stereocenters. The Labute approximate surface area is 88.9 Å². The van der Waals surface area contributed by atoms with Crippen molar-refractivity contribution in [2.75, 3.05) is 7.05 Å². The van der Waals surface area contributed by atoms with Gasteiger partial charge in [0, 0.05) is 11.8 Å². The first-order chi connectivity index (χ1) is 7.29. The van der Waals surface area contributed by atoms with E-state index >= 15 is 0 Å². The van der Waals surface area contributed by atoms with Crippen LogP contribution in [0.2, 0.25) is 0 Å². The Kier molecular flexibility index (Phi) is 2.87. The van der Waals surface area contributed by atoms with Crippen molar-refractivity contribution in [2.24, 2.45) is 0 Å². The third-order valence-corrected chi connectivity index (χ3v) is 2.27. The highest BCUT2D eigenvalue weighted by Gasteiger charge is 2.06. The molecule has 0 bridgehead atoms. The van der Waals surface area contributed by atoms with Gasteiger partial charge in [0.2, 0.25) is 0 Å². The van der Waals surface area contributed by atoms with E-state index in [1.54, 1.807) is 6.26 Å². The van der Waals surface area contributed by atoms with E-state index < -0.39 is 0 Å². The number of aromatic nitrogens is 2. The molecule has 80 valence electrons. The highest BCUT2D eigenvalue weighted by atomic mass is 16.3. The third kappa shape index (κ3) is 2.27. The molecule has 4 heteroatoms. The molecule has 0 amide bonds. The summed E-state index contributed by atoms with van der Waals surface area (Å²) >= 11 is 0. The maximum atomic E-state index is 5.38. The molecule has 0 atom stereocenters. The number of rotatable bonds is 4. The lowest BCUT2D eigenvalue weighted by Crippen LogP contribution is -2.08. The molecule has 0 fully saturated rings. The van der Waals surface area contributed by atoms with Crippen LogP contribution in [0, 0.1) is 6.92 Å². The fourth-order valence-corrected chi connectivity index (χ4v) is 1.55. The number of hydrogen-bond donors (Lipinski definition) is 1. The summed E-state index contributed by atoms with van der Waals surface area (Å²) in [4.78, 5) is 0. The Bertz CT molecular complexity index is 430. The van der Waals surface area contributed by atoms with Gasteiger partial charge in [-0.1, -0.05) is 0 Å². The number of hydrogen-bond acceptors (Lipinski definition) is 3. The molecule has 0 aliphatic rings. The van der Waals surface area contributed by atoms with E-state index in [1.807, 2.05) is 37.1 Å². The van der Waals surface area contributed by atoms with Crippen LogP contribution in [0.5, 0.6) is 0 Å². The van der Waals surface area contributed by atoms with Gasteiger partial charge < -0.3 is 9.73 Å². The summed E-state index contributed by atoms with van der Waals surface area (Å²) in [7, 11) is 1.91. The minimum absolute atomic E-state index is 0.753. The average Bonchev–Trinajstić information content (AvgIpc) is 2.78. The Morgan fingerprint density at radius 3 is 3.07 bits per heavy atom. The van der Waals surface area contributed by atoms with Gasteiger partial charge in [-0.2, -0.15) is 5.10 Å². The smallest absolute Gasteiger partial charge is 0.122 e. The minimum Gasteiger partial charge on any atom is -0.468 e. The van der Waals surface area contributed by atoms with Crippen LogP contribution < -0.4 is 5.32 Å². The molecule has 2 aromatic heterocycles. The molecular formula is C11H15N3O. The van der Waals surface area contributed by atoms with E-state index in [2.05, 4.69) is 10.4 Å². The van der Waals surface area contributed by atoms with Gasteiger partial charge in [-0.05, 0) is 25.6 Å². The van der Waals surface area contributed by atoms with Gasteiger partial charge in [-0.15, -0.1) is 0 Å². The van der Waals surface area contributed by atoms with Crippen molar-refractivity contribution >= 4 is 0 Å². The number of aryl methyl sites for hydroxylation is 1. The van der Waals surface area contributed by atoms with Gasteiger partial charge in [0.1, 0.15) is 5.76 Å². The molecule has 4 nitrogen and oxygen atoms in total. The molecule has 0 radical (unpaired) electrons. The van der Waals surface area contributed by atoms with E-state index in [4.69, 9.17) is 4.42 Å². The van der Waals surface area contributed by atoms with Gasteiger partial charge >= 0.3 is 0 Å². The van der Waals surface area contributed by atoms with Crippen LogP contribution >= 0.6 is 0 Å². The average molecular weight is 205 g/mol. The maximum Gasteiger partial charge on any atom is 0.122 e. The summed E-state index contributed by atoms with van der Waals surface area (Å²) < 4.78 is 7.30. The Balaban J connectivity index is 2.13. The van der Waals surface area contributed by atoms with Crippen molar-refractivity contribution in [1.29, 1.82) is 0 Å². The van der Waals surface area contributed by atoms with Crippen LogP contribution in [0.4, 0.5) is 0 Å². The number of furan rings is 1. The highest BCUT2D eigenvalue weighted by Crippen LogP contribution is 2.12. The largest absolute Gasteiger partial charge is 0.468 e. The van der Waals surface area contributed by atoms with E-state index in [-0.39, 0.29) is 0 Å². The molecule has 2 aromatic rings. The van der Waals surface area contributed by atoms with Gasteiger partial charge in [0.25, 0.3) is 0 Å². The molecular weight excluding hydrogens is 190 g/mol. The molecule has 2 heterocycles. The Morgan fingerprint density at radius 1 is 1.53 bits per heavy atom. The maximum absolute atomic E-state index is 5.38. The quantitative estimate of drug-likeness (QED) is 0.823. The summed E-state index contributed by atoms with van der Waals surface area (Å²) in [6, 6.07) is 1.99. The first-order valence-corrected chi connectivity index (χ1v) is 4.98. The van der Waals surface area contributed by atoms with Crippen molar-refractivity contribution in [3.05, 3.63) is 41.6 Å². The van der Waals surface area contributed by atoms with Gasteiger partial charge in [0.05, 0.1) is 25.5 Å². The summed E-state index contributed by atoms with van der Waals surface area (Å²) in [5.74, 6) is 0.977. The van der Waals surface area contributed by atoms with Crippen molar-refractivity contribution in [3.63, 3.8) is 0 Å². The van der Waals surface area contributed by atoms with Gasteiger partial charge in [0.15, 0.2) is 0 Å². The van der Waals surface area contributed by atoms with Crippen LogP contribution in [0.15, 0.2) is 29.1 Å². The zero-order chi connectivity index (χ0) is 10.7. The molecule has 0 aromatic carbocycles. The molecule has 0 aliphatic heterocycles. The fraction of sp³-hybridized carbons (Fsp3) is 0.364. The van der Waals surface area contributed by atoms with Gasteiger partial charge in [-0.25, -0.2) is 0 Å².